The van der Waals surface area contributed by atoms with Crippen LogP contribution in [-0.2, 0) is 11.3 Å². The highest BCUT2D eigenvalue weighted by atomic mass is 35.5. The number of nitriles is 1. The van der Waals surface area contributed by atoms with Crippen LogP contribution in [0.2, 0.25) is 5.15 Å². The summed E-state index contributed by atoms with van der Waals surface area (Å²) in [6.07, 6.45) is -0.377. The average Bonchev–Trinajstić information content (AvgIpc) is 3.54. The molecule has 0 spiro atoms. The van der Waals surface area contributed by atoms with Crippen molar-refractivity contribution in [3.63, 3.8) is 0 Å². The van der Waals surface area contributed by atoms with Crippen LogP contribution in [0.15, 0.2) is 30.3 Å². The van der Waals surface area contributed by atoms with Crippen LogP contribution in [0.25, 0.3) is 11.0 Å². The number of nitrogens with one attached hydrogen (secondary N) is 1. The van der Waals surface area contributed by atoms with Crippen LogP contribution in [0, 0.1) is 18.3 Å². The van der Waals surface area contributed by atoms with Crippen molar-refractivity contribution in [1.82, 2.24) is 15.0 Å². The zero-order chi connectivity index (χ0) is 23.3. The largest absolute Gasteiger partial charge is 0.387 e. The van der Waals surface area contributed by atoms with Crippen LogP contribution in [-0.4, -0.2) is 26.2 Å². The van der Waals surface area contributed by atoms with Gasteiger partial charge in [0.15, 0.2) is 5.65 Å². The van der Waals surface area contributed by atoms with Crippen LogP contribution >= 0.6 is 11.6 Å². The van der Waals surface area contributed by atoms with E-state index in [1.165, 1.54) is 18.2 Å². The quantitative estimate of drug-likeness (QED) is 0.495. The minimum Gasteiger partial charge on any atom is -0.387 e. The Balaban J connectivity index is 1.73. The van der Waals surface area contributed by atoms with Crippen LogP contribution in [0.4, 0.5) is 14.6 Å². The predicted molar refractivity (Wildman–Crippen MR) is 118 cm³/mol. The average molecular weight is 458 g/mol. The zero-order valence-corrected chi connectivity index (χ0v) is 18.6. The van der Waals surface area contributed by atoms with E-state index < -0.39 is 17.4 Å². The van der Waals surface area contributed by atoms with Crippen LogP contribution < -0.4 is 5.32 Å². The first kappa shape index (κ1) is 22.3. The van der Waals surface area contributed by atoms with Crippen molar-refractivity contribution < 1.29 is 13.9 Å². The third-order valence-corrected chi connectivity index (χ3v) is 6.17. The monoisotopic (exact) mass is 457 g/mol. The Morgan fingerprint density at radius 1 is 1.22 bits per heavy atom. The fourth-order valence-electron chi connectivity index (χ4n) is 3.70. The third kappa shape index (κ3) is 3.87. The minimum atomic E-state index is -3.36. The molecule has 0 amide bonds. The minimum absolute atomic E-state index is 0.252. The second-order valence-corrected chi connectivity index (χ2v) is 8.66. The molecule has 2 heterocycles. The Hall–Kier alpha value is -2.89. The van der Waals surface area contributed by atoms with Crippen LogP contribution in [0.1, 0.15) is 55.2 Å². The summed E-state index contributed by atoms with van der Waals surface area (Å²) in [5, 5.41) is 23.2. The van der Waals surface area contributed by atoms with Crippen molar-refractivity contribution >= 4 is 28.5 Å². The number of benzene rings is 1. The molecule has 0 aliphatic heterocycles. The number of hydrogen-bond donors (Lipinski definition) is 2. The number of fused-ring (bicyclic) bond motifs is 1. The number of pyridine rings is 1. The summed E-state index contributed by atoms with van der Waals surface area (Å²) in [5.74, 6) is -2.41. The number of hydrogen-bond acceptors (Lipinski definition) is 6. The Morgan fingerprint density at radius 2 is 1.94 bits per heavy atom. The van der Waals surface area contributed by atoms with Gasteiger partial charge in [-0.3, -0.25) is 0 Å². The molecule has 1 aliphatic rings. The molecule has 32 heavy (non-hydrogen) atoms. The number of aliphatic hydroxyl groups is 1. The van der Waals surface area contributed by atoms with Crippen molar-refractivity contribution in [2.24, 2.45) is 0 Å². The first-order valence-corrected chi connectivity index (χ1v) is 10.6. The summed E-state index contributed by atoms with van der Waals surface area (Å²) in [4.78, 5) is 13.2. The van der Waals surface area contributed by atoms with E-state index in [1.807, 2.05) is 6.92 Å². The molecule has 1 fully saturated rings. The summed E-state index contributed by atoms with van der Waals surface area (Å²) >= 11 is 6.36. The number of aryl methyl sites for hydroxylation is 1. The van der Waals surface area contributed by atoms with E-state index >= 15 is 0 Å². The van der Waals surface area contributed by atoms with Gasteiger partial charge in [-0.1, -0.05) is 29.8 Å². The zero-order valence-electron chi connectivity index (χ0n) is 17.8. The van der Waals surface area contributed by atoms with E-state index in [0.29, 0.717) is 46.6 Å². The molecule has 2 atom stereocenters. The third-order valence-electron chi connectivity index (χ3n) is 5.88. The Labute approximate surface area is 189 Å². The van der Waals surface area contributed by atoms with Gasteiger partial charge < -0.3 is 10.4 Å². The van der Waals surface area contributed by atoms with Crippen molar-refractivity contribution in [3.05, 3.63) is 58.0 Å². The normalized spacial score (nSPS) is 16.9. The smallest absolute Gasteiger partial charge is 0.298 e. The molecule has 9 heteroatoms. The van der Waals surface area contributed by atoms with E-state index in [0.717, 1.165) is 6.92 Å². The number of halogens is 3. The molecule has 0 bridgehead atoms. The van der Waals surface area contributed by atoms with E-state index in [9.17, 15) is 19.1 Å². The number of aromatic nitrogens is 3. The topological polar surface area (TPSA) is 94.7 Å². The second-order valence-electron chi connectivity index (χ2n) is 8.30. The fourth-order valence-corrected chi connectivity index (χ4v) is 4.01. The fraction of sp³-hybridized carbons (Fsp3) is 0.391. The predicted octanol–water partition coefficient (Wildman–Crippen LogP) is 5.19. The molecule has 0 unspecified atom stereocenters. The number of nitrogens with zero attached hydrogens (tertiary/aromatic N) is 4. The van der Waals surface area contributed by atoms with Crippen molar-refractivity contribution in [1.29, 1.82) is 5.26 Å². The van der Waals surface area contributed by atoms with E-state index in [-0.39, 0.29) is 16.8 Å². The van der Waals surface area contributed by atoms with Gasteiger partial charge in [-0.25, -0.2) is 15.0 Å². The van der Waals surface area contributed by atoms with Crippen LogP contribution in [0.5, 0.6) is 0 Å². The van der Waals surface area contributed by atoms with Gasteiger partial charge in [0.05, 0.1) is 16.9 Å². The maximum atomic E-state index is 14.3. The van der Waals surface area contributed by atoms with E-state index in [2.05, 4.69) is 26.3 Å². The maximum absolute atomic E-state index is 14.3. The second kappa shape index (κ2) is 7.91. The highest BCUT2D eigenvalue weighted by molar-refractivity contribution is 6.30. The summed E-state index contributed by atoms with van der Waals surface area (Å²) in [6.45, 7) is 4.61. The number of aliphatic hydroxyl groups excluding tert-OH is 1. The number of alkyl halides is 2. The lowest BCUT2D eigenvalue weighted by Crippen LogP contribution is -2.28. The van der Waals surface area contributed by atoms with Gasteiger partial charge in [0.25, 0.3) is 5.92 Å². The summed E-state index contributed by atoms with van der Waals surface area (Å²) in [7, 11) is 0. The molecule has 1 aliphatic carbocycles. The van der Waals surface area contributed by atoms with Gasteiger partial charge in [-0.05, 0) is 51.3 Å². The molecule has 2 N–H and O–H groups in total. The molecule has 1 aromatic carbocycles. The van der Waals surface area contributed by atoms with Crippen molar-refractivity contribution in [3.8, 4) is 6.07 Å². The molecular formula is C23H22ClF2N5O. The summed E-state index contributed by atoms with van der Waals surface area (Å²) < 4.78 is 28.6. The summed E-state index contributed by atoms with van der Waals surface area (Å²) in [5.41, 5.74) is 0.750. The van der Waals surface area contributed by atoms with E-state index in [4.69, 9.17) is 11.6 Å². The van der Waals surface area contributed by atoms with Crippen LogP contribution in [0.3, 0.4) is 0 Å². The first-order valence-electron chi connectivity index (χ1n) is 10.3. The van der Waals surface area contributed by atoms with E-state index in [1.54, 1.807) is 19.1 Å². The molecular weight excluding hydrogens is 436 g/mol. The van der Waals surface area contributed by atoms with Crippen molar-refractivity contribution in [2.75, 3.05) is 5.32 Å². The lowest BCUT2D eigenvalue weighted by atomic mass is 9.98. The van der Waals surface area contributed by atoms with Crippen molar-refractivity contribution in [2.45, 2.75) is 57.1 Å². The molecule has 0 radical (unpaired) electrons. The highest BCUT2D eigenvalue weighted by Crippen LogP contribution is 2.50. The first-order chi connectivity index (χ1) is 15.1. The van der Waals surface area contributed by atoms with Gasteiger partial charge in [-0.2, -0.15) is 14.0 Å². The number of rotatable bonds is 6. The lowest BCUT2D eigenvalue weighted by Gasteiger charge is -2.22. The Morgan fingerprint density at radius 3 is 2.56 bits per heavy atom. The molecule has 3 aromatic rings. The van der Waals surface area contributed by atoms with Gasteiger partial charge in [0.2, 0.25) is 0 Å². The highest BCUT2D eigenvalue weighted by Gasteiger charge is 2.47. The standard InChI is InChI=1S/C23H22ClF2N5O/c1-12(15-5-4-6-16(9-15)23(25,26)13(2)32)28-20-17-10-18(22(11-27)7-8-22)19(24)31-21(17)30-14(3)29-20/h4-6,9-10,12-13,32H,7-8H2,1-3H3,(H,28,29,30,31)/t12-,13-/m1/s1. The molecule has 166 valence electrons. The van der Waals surface area contributed by atoms with Gasteiger partial charge in [0, 0.05) is 17.2 Å². The number of anilines is 1. The molecule has 0 saturated heterocycles. The molecule has 4 rings (SSSR count). The van der Waals surface area contributed by atoms with Gasteiger partial charge >= 0.3 is 0 Å². The SMILES string of the molecule is Cc1nc(N[C@H](C)c2cccc(C(F)(F)[C@@H](C)O)c2)c2cc(C3(C#N)CC3)c(Cl)nc2n1. The lowest BCUT2D eigenvalue weighted by molar-refractivity contribution is -0.106. The van der Waals surface area contributed by atoms with Gasteiger partial charge in [-0.15, -0.1) is 0 Å². The maximum Gasteiger partial charge on any atom is 0.298 e. The Bertz CT molecular complexity index is 1240. The van der Waals surface area contributed by atoms with Gasteiger partial charge in [0.1, 0.15) is 22.9 Å². The summed E-state index contributed by atoms with van der Waals surface area (Å²) in [6, 6.07) is 9.66. The molecule has 2 aromatic heterocycles. The Kier molecular flexibility index (Phi) is 5.51. The molecule has 6 nitrogen and oxygen atoms in total. The molecule has 1 saturated carbocycles.